The molecule has 158 valence electrons. The van der Waals surface area contributed by atoms with Crippen LogP contribution in [0.25, 0.3) is 22.3 Å². The van der Waals surface area contributed by atoms with Gasteiger partial charge in [-0.1, -0.05) is 109 Å². The summed E-state index contributed by atoms with van der Waals surface area (Å²) in [4.78, 5) is 26.1. The largest absolute Gasteiger partial charge is 0.287 e. The first-order valence-corrected chi connectivity index (χ1v) is 10.4. The van der Waals surface area contributed by atoms with Gasteiger partial charge in [0.05, 0.1) is 0 Å². The van der Waals surface area contributed by atoms with Gasteiger partial charge in [0.2, 0.25) is 11.6 Å². The molecule has 0 bridgehead atoms. The van der Waals surface area contributed by atoms with E-state index in [1.165, 1.54) is 0 Å². The zero-order chi connectivity index (χ0) is 22.6. The Bertz CT molecular complexity index is 1300. The Hall–Kier alpha value is -4.64. The highest BCUT2D eigenvalue weighted by Gasteiger charge is 2.26. The molecule has 4 aromatic carbocycles. The molecule has 1 heterocycles. The lowest BCUT2D eigenvalue weighted by atomic mass is 9.98. The highest BCUT2D eigenvalue weighted by molar-refractivity contribution is 6.17. The number of benzene rings is 4. The Labute approximate surface area is 190 Å². The third kappa shape index (κ3) is 4.12. The van der Waals surface area contributed by atoms with E-state index in [1.807, 2.05) is 84.9 Å². The van der Waals surface area contributed by atoms with Crippen molar-refractivity contribution in [3.63, 3.8) is 0 Å². The molecule has 0 atom stereocenters. The number of carbonyl (C=O) groups is 2. The average molecular weight is 430 g/mol. The van der Waals surface area contributed by atoms with E-state index in [9.17, 15) is 9.59 Å². The molecular weight excluding hydrogens is 412 g/mol. The number of nitrogens with zero attached hydrogens (tertiary/aromatic N) is 2. The van der Waals surface area contributed by atoms with Crippen LogP contribution in [0.15, 0.2) is 114 Å². The van der Waals surface area contributed by atoms with E-state index in [4.69, 9.17) is 4.63 Å². The van der Waals surface area contributed by atoms with Crippen molar-refractivity contribution in [2.24, 2.45) is 0 Å². The van der Waals surface area contributed by atoms with Crippen LogP contribution in [0.3, 0.4) is 0 Å². The van der Waals surface area contributed by atoms with Crippen molar-refractivity contribution in [3.05, 3.63) is 132 Å². The zero-order valence-corrected chi connectivity index (χ0v) is 17.5. The standard InChI is InChI=1S/C28H18N2O3/c31-27(23-15-11-21(12-16-23)19-7-3-1-4-8-19)25-26(30-33-29-25)28(32)24-17-13-22(14-18-24)20-9-5-2-6-10-20/h1-18H. The monoisotopic (exact) mass is 430 g/mol. The Morgan fingerprint density at radius 3 is 1.15 bits per heavy atom. The second-order valence-electron chi connectivity index (χ2n) is 7.51. The van der Waals surface area contributed by atoms with Crippen molar-refractivity contribution < 1.29 is 14.2 Å². The van der Waals surface area contributed by atoms with Crippen LogP contribution in [0.4, 0.5) is 0 Å². The van der Waals surface area contributed by atoms with Crippen molar-refractivity contribution in [2.45, 2.75) is 0 Å². The Morgan fingerprint density at radius 1 is 0.455 bits per heavy atom. The molecule has 0 aliphatic carbocycles. The van der Waals surface area contributed by atoms with Gasteiger partial charge < -0.3 is 0 Å². The number of ketones is 2. The number of carbonyl (C=O) groups excluding carboxylic acids is 2. The molecule has 0 unspecified atom stereocenters. The van der Waals surface area contributed by atoms with E-state index in [1.54, 1.807) is 24.3 Å². The van der Waals surface area contributed by atoms with Crippen molar-refractivity contribution in [2.75, 3.05) is 0 Å². The SMILES string of the molecule is O=C(c1ccc(-c2ccccc2)cc1)c1nonc1C(=O)c1ccc(-c2ccccc2)cc1. The van der Waals surface area contributed by atoms with Gasteiger partial charge in [-0.05, 0) is 32.6 Å². The summed E-state index contributed by atoms with van der Waals surface area (Å²) in [6.45, 7) is 0. The first-order valence-electron chi connectivity index (χ1n) is 10.4. The molecule has 0 radical (unpaired) electrons. The predicted octanol–water partition coefficient (Wildman–Crippen LogP) is 5.87. The Morgan fingerprint density at radius 2 is 0.788 bits per heavy atom. The molecule has 0 aliphatic rings. The minimum absolute atomic E-state index is 0.0976. The van der Waals surface area contributed by atoms with Crippen LogP contribution in [0.2, 0.25) is 0 Å². The van der Waals surface area contributed by atoms with Crippen LogP contribution in [0.1, 0.15) is 32.1 Å². The van der Waals surface area contributed by atoms with Gasteiger partial charge in [-0.25, -0.2) is 4.63 Å². The Balaban J connectivity index is 1.38. The second-order valence-corrected chi connectivity index (χ2v) is 7.51. The summed E-state index contributed by atoms with van der Waals surface area (Å²) in [6, 6.07) is 34.0. The van der Waals surface area contributed by atoms with Crippen molar-refractivity contribution in [3.8, 4) is 22.3 Å². The molecule has 33 heavy (non-hydrogen) atoms. The minimum atomic E-state index is -0.417. The van der Waals surface area contributed by atoms with Crippen LogP contribution >= 0.6 is 0 Å². The number of aromatic nitrogens is 2. The van der Waals surface area contributed by atoms with Crippen LogP contribution in [0.5, 0.6) is 0 Å². The molecule has 0 aliphatic heterocycles. The van der Waals surface area contributed by atoms with E-state index in [0.717, 1.165) is 22.3 Å². The molecule has 5 nitrogen and oxygen atoms in total. The summed E-state index contributed by atoms with van der Waals surface area (Å²) < 4.78 is 4.78. The summed E-state index contributed by atoms with van der Waals surface area (Å²) in [6.07, 6.45) is 0. The fourth-order valence-electron chi connectivity index (χ4n) is 3.65. The van der Waals surface area contributed by atoms with E-state index in [-0.39, 0.29) is 11.4 Å². The maximum Gasteiger partial charge on any atom is 0.217 e. The smallest absolute Gasteiger partial charge is 0.217 e. The molecule has 0 fully saturated rings. The van der Waals surface area contributed by atoms with Crippen molar-refractivity contribution >= 4 is 11.6 Å². The van der Waals surface area contributed by atoms with Gasteiger partial charge in [0.25, 0.3) is 0 Å². The number of hydrogen-bond acceptors (Lipinski definition) is 5. The average Bonchev–Trinajstić information content (AvgIpc) is 3.39. The van der Waals surface area contributed by atoms with Gasteiger partial charge in [-0.2, -0.15) is 0 Å². The van der Waals surface area contributed by atoms with Gasteiger partial charge in [-0.15, -0.1) is 0 Å². The number of hydrogen-bond donors (Lipinski definition) is 0. The van der Waals surface area contributed by atoms with Crippen molar-refractivity contribution in [1.82, 2.24) is 10.3 Å². The maximum atomic E-state index is 13.0. The molecule has 0 N–H and O–H groups in total. The first-order chi connectivity index (χ1) is 16.2. The quantitative estimate of drug-likeness (QED) is 0.315. The highest BCUT2D eigenvalue weighted by atomic mass is 16.6. The van der Waals surface area contributed by atoms with E-state index in [0.29, 0.717) is 11.1 Å². The summed E-state index contributed by atoms with van der Waals surface area (Å²) in [5.41, 5.74) is 4.68. The summed E-state index contributed by atoms with van der Waals surface area (Å²) in [5, 5.41) is 7.46. The summed E-state index contributed by atoms with van der Waals surface area (Å²) >= 11 is 0. The molecule has 5 aromatic rings. The summed E-state index contributed by atoms with van der Waals surface area (Å²) in [5.74, 6) is -0.833. The van der Waals surface area contributed by atoms with Gasteiger partial charge in [0.1, 0.15) is 0 Å². The van der Waals surface area contributed by atoms with E-state index in [2.05, 4.69) is 10.3 Å². The zero-order valence-electron chi connectivity index (χ0n) is 17.5. The Kier molecular flexibility index (Phi) is 5.43. The molecular formula is C28H18N2O3. The normalized spacial score (nSPS) is 10.7. The van der Waals surface area contributed by atoms with Gasteiger partial charge >= 0.3 is 0 Å². The van der Waals surface area contributed by atoms with E-state index >= 15 is 0 Å². The number of rotatable bonds is 6. The highest BCUT2D eigenvalue weighted by Crippen LogP contribution is 2.23. The van der Waals surface area contributed by atoms with Gasteiger partial charge in [0.15, 0.2) is 11.4 Å². The van der Waals surface area contributed by atoms with Crippen LogP contribution in [0, 0.1) is 0 Å². The van der Waals surface area contributed by atoms with Gasteiger partial charge in [0, 0.05) is 11.1 Å². The molecule has 1 aromatic heterocycles. The topological polar surface area (TPSA) is 73.1 Å². The second kappa shape index (κ2) is 8.85. The van der Waals surface area contributed by atoms with E-state index < -0.39 is 11.6 Å². The predicted molar refractivity (Wildman–Crippen MR) is 125 cm³/mol. The molecule has 0 saturated heterocycles. The van der Waals surface area contributed by atoms with Crippen molar-refractivity contribution in [1.29, 1.82) is 0 Å². The third-order valence-electron chi connectivity index (χ3n) is 5.43. The fraction of sp³-hybridized carbons (Fsp3) is 0. The fourth-order valence-corrected chi connectivity index (χ4v) is 3.65. The van der Waals surface area contributed by atoms with Crippen LogP contribution < -0.4 is 0 Å². The lowest BCUT2D eigenvalue weighted by Gasteiger charge is -2.04. The summed E-state index contributed by atoms with van der Waals surface area (Å²) in [7, 11) is 0. The first kappa shape index (κ1) is 20.3. The lowest BCUT2D eigenvalue weighted by Crippen LogP contribution is -2.11. The molecule has 0 saturated carbocycles. The molecule has 5 heteroatoms. The molecule has 5 rings (SSSR count). The minimum Gasteiger partial charge on any atom is -0.287 e. The molecule has 0 amide bonds. The van der Waals surface area contributed by atoms with Crippen LogP contribution in [-0.4, -0.2) is 21.9 Å². The van der Waals surface area contributed by atoms with Crippen LogP contribution in [-0.2, 0) is 0 Å². The van der Waals surface area contributed by atoms with Gasteiger partial charge in [-0.3, -0.25) is 9.59 Å². The third-order valence-corrected chi connectivity index (χ3v) is 5.43. The maximum absolute atomic E-state index is 13.0. The lowest BCUT2D eigenvalue weighted by molar-refractivity contribution is 0.0998. The molecule has 0 spiro atoms.